The Labute approximate surface area is 103 Å². The van der Waals surface area contributed by atoms with Crippen LogP contribution in [0.15, 0.2) is 24.3 Å². The zero-order valence-corrected chi connectivity index (χ0v) is 10.3. The molecule has 0 saturated heterocycles. The van der Waals surface area contributed by atoms with Crippen molar-refractivity contribution in [3.8, 4) is 5.75 Å². The molecule has 0 spiro atoms. The molecule has 18 heavy (non-hydrogen) atoms. The molecule has 1 aromatic carbocycles. The minimum absolute atomic E-state index is 0.261. The number of hydrogen-bond donors (Lipinski definition) is 1. The average molecular weight is 261 g/mol. The van der Waals surface area contributed by atoms with Crippen LogP contribution in [0, 0.1) is 5.41 Å². The fourth-order valence-electron chi connectivity index (χ4n) is 1.09. The number of carbonyl (C=O) groups excluding carboxylic acids is 1. The van der Waals surface area contributed by atoms with E-state index in [-0.39, 0.29) is 17.3 Å². The normalized spacial score (nSPS) is 12.1. The van der Waals surface area contributed by atoms with Gasteiger partial charge in [-0.05, 0) is 12.1 Å². The number of benzene rings is 1. The van der Waals surface area contributed by atoms with Crippen LogP contribution in [-0.2, 0) is 4.79 Å². The first-order valence-corrected chi connectivity index (χ1v) is 5.25. The SMILES string of the molecule is CC(C)(C)C(=O)Nc1cccc(OC(F)(F)F)c1. The molecular weight excluding hydrogens is 247 g/mol. The molecule has 100 valence electrons. The summed E-state index contributed by atoms with van der Waals surface area (Å²) < 4.78 is 39.8. The largest absolute Gasteiger partial charge is 0.573 e. The van der Waals surface area contributed by atoms with Gasteiger partial charge in [0, 0.05) is 17.2 Å². The van der Waals surface area contributed by atoms with Crippen LogP contribution < -0.4 is 10.1 Å². The van der Waals surface area contributed by atoms with Crippen molar-refractivity contribution >= 4 is 11.6 Å². The summed E-state index contributed by atoms with van der Waals surface area (Å²) in [5.41, 5.74) is -0.363. The number of nitrogens with one attached hydrogen (secondary N) is 1. The van der Waals surface area contributed by atoms with Crippen LogP contribution in [0.25, 0.3) is 0 Å². The number of alkyl halides is 3. The van der Waals surface area contributed by atoms with Gasteiger partial charge in [0.15, 0.2) is 0 Å². The van der Waals surface area contributed by atoms with Gasteiger partial charge in [0.05, 0.1) is 0 Å². The van der Waals surface area contributed by atoms with Gasteiger partial charge in [0.1, 0.15) is 5.75 Å². The first-order valence-electron chi connectivity index (χ1n) is 5.25. The van der Waals surface area contributed by atoms with Crippen molar-refractivity contribution in [2.24, 2.45) is 5.41 Å². The summed E-state index contributed by atoms with van der Waals surface area (Å²) in [6.07, 6.45) is -4.74. The van der Waals surface area contributed by atoms with Crippen LogP contribution in [0.3, 0.4) is 0 Å². The second kappa shape index (κ2) is 4.88. The van der Waals surface area contributed by atoms with Crippen molar-refractivity contribution in [3.05, 3.63) is 24.3 Å². The first-order chi connectivity index (χ1) is 8.08. The molecular formula is C12H14F3NO2. The molecule has 0 aliphatic carbocycles. The Morgan fingerprint density at radius 1 is 1.22 bits per heavy atom. The number of hydrogen-bond acceptors (Lipinski definition) is 2. The predicted octanol–water partition coefficient (Wildman–Crippen LogP) is 3.57. The summed E-state index contributed by atoms with van der Waals surface area (Å²) in [5, 5.41) is 2.52. The molecule has 1 rings (SSSR count). The van der Waals surface area contributed by atoms with Gasteiger partial charge in [-0.25, -0.2) is 0 Å². The van der Waals surface area contributed by atoms with Crippen LogP contribution in [0.1, 0.15) is 20.8 Å². The van der Waals surface area contributed by atoms with E-state index in [4.69, 9.17) is 0 Å². The first kappa shape index (κ1) is 14.3. The topological polar surface area (TPSA) is 38.3 Å². The second-order valence-corrected chi connectivity index (χ2v) is 4.78. The Balaban J connectivity index is 2.80. The number of anilines is 1. The summed E-state index contributed by atoms with van der Waals surface area (Å²) in [6, 6.07) is 5.16. The molecule has 1 amide bonds. The fraction of sp³-hybridized carbons (Fsp3) is 0.417. The second-order valence-electron chi connectivity index (χ2n) is 4.78. The Morgan fingerprint density at radius 3 is 2.33 bits per heavy atom. The average Bonchev–Trinajstić information content (AvgIpc) is 2.13. The molecule has 1 aromatic rings. The van der Waals surface area contributed by atoms with E-state index >= 15 is 0 Å². The van der Waals surface area contributed by atoms with Crippen LogP contribution in [-0.4, -0.2) is 12.3 Å². The van der Waals surface area contributed by atoms with E-state index in [1.54, 1.807) is 20.8 Å². The lowest BCUT2D eigenvalue weighted by atomic mass is 9.95. The minimum Gasteiger partial charge on any atom is -0.406 e. The molecule has 6 heteroatoms. The van der Waals surface area contributed by atoms with Gasteiger partial charge in [-0.1, -0.05) is 26.8 Å². The standard InChI is InChI=1S/C12H14F3NO2/c1-11(2,3)10(17)16-8-5-4-6-9(7-8)18-12(13,14)15/h4-7H,1-3H3,(H,16,17). The van der Waals surface area contributed by atoms with Crippen LogP contribution in [0.2, 0.25) is 0 Å². The zero-order chi connectivity index (χ0) is 14.0. The van der Waals surface area contributed by atoms with Gasteiger partial charge < -0.3 is 10.1 Å². The third-order valence-corrected chi connectivity index (χ3v) is 2.01. The molecule has 0 fully saturated rings. The smallest absolute Gasteiger partial charge is 0.406 e. The highest BCUT2D eigenvalue weighted by Gasteiger charge is 2.31. The van der Waals surface area contributed by atoms with Crippen LogP contribution >= 0.6 is 0 Å². The van der Waals surface area contributed by atoms with Crippen LogP contribution in [0.4, 0.5) is 18.9 Å². The lowest BCUT2D eigenvalue weighted by molar-refractivity contribution is -0.274. The Bertz CT molecular complexity index is 436. The van der Waals surface area contributed by atoms with Gasteiger partial charge in [-0.2, -0.15) is 0 Å². The molecule has 0 aliphatic rings. The lowest BCUT2D eigenvalue weighted by Crippen LogP contribution is -2.27. The molecule has 0 bridgehead atoms. The van der Waals surface area contributed by atoms with Gasteiger partial charge in [-0.15, -0.1) is 13.2 Å². The van der Waals surface area contributed by atoms with Crippen LogP contribution in [0.5, 0.6) is 5.75 Å². The Morgan fingerprint density at radius 2 is 1.83 bits per heavy atom. The molecule has 0 aliphatic heterocycles. The highest BCUT2D eigenvalue weighted by atomic mass is 19.4. The summed E-state index contributed by atoms with van der Waals surface area (Å²) in [6.45, 7) is 5.12. The summed E-state index contributed by atoms with van der Waals surface area (Å²) >= 11 is 0. The third kappa shape index (κ3) is 4.65. The quantitative estimate of drug-likeness (QED) is 0.883. The van der Waals surface area contributed by atoms with E-state index in [9.17, 15) is 18.0 Å². The summed E-state index contributed by atoms with van der Waals surface area (Å²) in [7, 11) is 0. The highest BCUT2D eigenvalue weighted by Crippen LogP contribution is 2.26. The number of rotatable bonds is 2. The lowest BCUT2D eigenvalue weighted by Gasteiger charge is -2.18. The van der Waals surface area contributed by atoms with E-state index < -0.39 is 11.8 Å². The molecule has 0 aromatic heterocycles. The van der Waals surface area contributed by atoms with Crippen molar-refractivity contribution in [2.75, 3.05) is 5.32 Å². The maximum absolute atomic E-state index is 12.0. The maximum Gasteiger partial charge on any atom is 0.573 e. The number of halogens is 3. The fourth-order valence-corrected chi connectivity index (χ4v) is 1.09. The maximum atomic E-state index is 12.0. The number of amides is 1. The Hall–Kier alpha value is -1.72. The molecule has 0 atom stereocenters. The van der Waals surface area contributed by atoms with Gasteiger partial charge in [0.25, 0.3) is 0 Å². The predicted molar refractivity (Wildman–Crippen MR) is 61.2 cm³/mol. The molecule has 1 N–H and O–H groups in total. The van der Waals surface area contributed by atoms with E-state index in [0.29, 0.717) is 0 Å². The van der Waals surface area contributed by atoms with Crippen molar-refractivity contribution in [3.63, 3.8) is 0 Å². The zero-order valence-electron chi connectivity index (χ0n) is 10.3. The van der Waals surface area contributed by atoms with Crippen molar-refractivity contribution < 1.29 is 22.7 Å². The molecule has 0 unspecified atom stereocenters. The van der Waals surface area contributed by atoms with Crippen molar-refractivity contribution in [1.82, 2.24) is 0 Å². The van der Waals surface area contributed by atoms with E-state index in [2.05, 4.69) is 10.1 Å². The van der Waals surface area contributed by atoms with Crippen molar-refractivity contribution in [1.29, 1.82) is 0 Å². The van der Waals surface area contributed by atoms with Gasteiger partial charge >= 0.3 is 6.36 Å². The van der Waals surface area contributed by atoms with E-state index in [0.717, 1.165) is 6.07 Å². The summed E-state index contributed by atoms with van der Waals surface area (Å²) in [4.78, 5) is 11.7. The summed E-state index contributed by atoms with van der Waals surface area (Å²) in [5.74, 6) is -0.652. The van der Waals surface area contributed by atoms with Gasteiger partial charge in [-0.3, -0.25) is 4.79 Å². The van der Waals surface area contributed by atoms with E-state index in [1.807, 2.05) is 0 Å². The molecule has 0 saturated carbocycles. The molecule has 3 nitrogen and oxygen atoms in total. The Kier molecular flexibility index (Phi) is 3.88. The van der Waals surface area contributed by atoms with Crippen molar-refractivity contribution in [2.45, 2.75) is 27.1 Å². The monoisotopic (exact) mass is 261 g/mol. The molecule has 0 radical (unpaired) electrons. The number of carbonyl (C=O) groups is 1. The molecule has 0 heterocycles. The van der Waals surface area contributed by atoms with Gasteiger partial charge in [0.2, 0.25) is 5.91 Å². The minimum atomic E-state index is -4.74. The van der Waals surface area contributed by atoms with E-state index in [1.165, 1.54) is 18.2 Å². The number of ether oxygens (including phenoxy) is 1. The highest BCUT2D eigenvalue weighted by molar-refractivity contribution is 5.94. The third-order valence-electron chi connectivity index (χ3n) is 2.01.